The van der Waals surface area contributed by atoms with Gasteiger partial charge in [0.15, 0.2) is 0 Å². The second-order valence-electron chi connectivity index (χ2n) is 6.62. The zero-order valence-corrected chi connectivity index (χ0v) is 13.0. The predicted molar refractivity (Wildman–Crippen MR) is 77.7 cm³/mol. The number of rotatable bonds is 6. The van der Waals surface area contributed by atoms with Gasteiger partial charge in [-0.1, -0.05) is 27.2 Å². The average Bonchev–Trinajstić information content (AvgIpc) is 2.35. The molecule has 0 heterocycles. The molecule has 0 bridgehead atoms. The number of hydrogen-bond acceptors (Lipinski definition) is 3. The summed E-state index contributed by atoms with van der Waals surface area (Å²) in [5, 5.41) is 2.97. The van der Waals surface area contributed by atoms with E-state index in [4.69, 9.17) is 10.5 Å². The summed E-state index contributed by atoms with van der Waals surface area (Å²) in [5.41, 5.74) is 4.66. The number of primary amides is 1. The number of likely N-dealkylation sites (N-methyl/N-ethyl adjacent to an activating group) is 1. The summed E-state index contributed by atoms with van der Waals surface area (Å²) >= 11 is 0. The van der Waals surface area contributed by atoms with Crippen LogP contribution in [-0.4, -0.2) is 31.2 Å². The molecule has 1 fully saturated rings. The molecule has 112 valence electrons. The topological polar surface area (TPSA) is 64.3 Å². The van der Waals surface area contributed by atoms with Crippen molar-refractivity contribution in [2.75, 3.05) is 13.7 Å². The molecule has 1 saturated carbocycles. The van der Waals surface area contributed by atoms with Crippen LogP contribution in [0.2, 0.25) is 0 Å². The first kappa shape index (κ1) is 16.4. The van der Waals surface area contributed by atoms with E-state index in [1.807, 2.05) is 0 Å². The highest BCUT2D eigenvalue weighted by Gasteiger charge is 2.35. The SMILES string of the molecule is CNC(C)(COC1CC(C)CCC1C(C)C)C(N)=O. The van der Waals surface area contributed by atoms with Crippen LogP contribution in [0.15, 0.2) is 0 Å². The molecule has 1 amide bonds. The Kier molecular flexibility index (Phi) is 5.81. The van der Waals surface area contributed by atoms with Crippen LogP contribution in [0.5, 0.6) is 0 Å². The largest absolute Gasteiger partial charge is 0.375 e. The highest BCUT2D eigenvalue weighted by Crippen LogP contribution is 2.35. The summed E-state index contributed by atoms with van der Waals surface area (Å²) in [6, 6.07) is 0. The van der Waals surface area contributed by atoms with E-state index in [1.165, 1.54) is 12.8 Å². The van der Waals surface area contributed by atoms with Gasteiger partial charge in [0, 0.05) is 0 Å². The molecule has 0 saturated heterocycles. The van der Waals surface area contributed by atoms with Gasteiger partial charge >= 0.3 is 0 Å². The number of amides is 1. The van der Waals surface area contributed by atoms with Crippen molar-refractivity contribution < 1.29 is 9.53 Å². The highest BCUT2D eigenvalue weighted by atomic mass is 16.5. The normalized spacial score (nSPS) is 31.2. The molecule has 4 unspecified atom stereocenters. The number of nitrogens with one attached hydrogen (secondary N) is 1. The minimum atomic E-state index is -0.776. The number of hydrogen-bond donors (Lipinski definition) is 2. The third kappa shape index (κ3) is 4.18. The van der Waals surface area contributed by atoms with E-state index in [0.717, 1.165) is 6.42 Å². The van der Waals surface area contributed by atoms with Crippen LogP contribution < -0.4 is 11.1 Å². The maximum Gasteiger partial charge on any atom is 0.239 e. The van der Waals surface area contributed by atoms with Crippen LogP contribution in [0, 0.1) is 17.8 Å². The Hall–Kier alpha value is -0.610. The summed E-state index contributed by atoms with van der Waals surface area (Å²) in [5.74, 6) is 1.55. The third-order valence-electron chi connectivity index (χ3n) is 4.64. The lowest BCUT2D eigenvalue weighted by molar-refractivity contribution is -0.129. The first-order valence-electron chi connectivity index (χ1n) is 7.40. The lowest BCUT2D eigenvalue weighted by atomic mass is 9.75. The minimum absolute atomic E-state index is 0.246. The lowest BCUT2D eigenvalue weighted by Crippen LogP contribution is -2.56. The number of nitrogens with two attached hydrogens (primary N) is 1. The number of carbonyl (C=O) groups is 1. The van der Waals surface area contributed by atoms with Crippen molar-refractivity contribution in [1.82, 2.24) is 5.32 Å². The van der Waals surface area contributed by atoms with Gasteiger partial charge in [-0.3, -0.25) is 4.79 Å². The third-order valence-corrected chi connectivity index (χ3v) is 4.64. The summed E-state index contributed by atoms with van der Waals surface area (Å²) in [7, 11) is 1.75. The van der Waals surface area contributed by atoms with Gasteiger partial charge in [-0.15, -0.1) is 0 Å². The highest BCUT2D eigenvalue weighted by molar-refractivity contribution is 5.84. The van der Waals surface area contributed by atoms with Crippen molar-refractivity contribution in [2.45, 2.75) is 58.6 Å². The van der Waals surface area contributed by atoms with Gasteiger partial charge < -0.3 is 15.8 Å². The molecule has 3 N–H and O–H groups in total. The van der Waals surface area contributed by atoms with Crippen LogP contribution >= 0.6 is 0 Å². The second-order valence-corrected chi connectivity index (χ2v) is 6.62. The van der Waals surface area contributed by atoms with E-state index >= 15 is 0 Å². The van der Waals surface area contributed by atoms with E-state index in [-0.39, 0.29) is 12.0 Å². The van der Waals surface area contributed by atoms with Gasteiger partial charge in [-0.2, -0.15) is 0 Å². The molecule has 1 rings (SSSR count). The monoisotopic (exact) mass is 270 g/mol. The van der Waals surface area contributed by atoms with Crippen LogP contribution in [0.4, 0.5) is 0 Å². The molecule has 4 nitrogen and oxygen atoms in total. The molecule has 0 aromatic heterocycles. The Bertz CT molecular complexity index is 307. The van der Waals surface area contributed by atoms with Crippen LogP contribution in [-0.2, 0) is 9.53 Å². The average molecular weight is 270 g/mol. The smallest absolute Gasteiger partial charge is 0.239 e. The molecule has 0 aromatic rings. The summed E-state index contributed by atoms with van der Waals surface area (Å²) in [6.07, 6.45) is 3.83. The van der Waals surface area contributed by atoms with Gasteiger partial charge in [-0.25, -0.2) is 0 Å². The second kappa shape index (κ2) is 6.71. The molecule has 0 aliphatic heterocycles. The van der Waals surface area contributed by atoms with Gasteiger partial charge in [-0.05, 0) is 44.6 Å². The molecule has 0 spiro atoms. The Labute approximate surface area is 117 Å². The quantitative estimate of drug-likeness (QED) is 0.775. The Balaban J connectivity index is 2.64. The zero-order valence-electron chi connectivity index (χ0n) is 13.0. The van der Waals surface area contributed by atoms with Crippen molar-refractivity contribution in [3.8, 4) is 0 Å². The minimum Gasteiger partial charge on any atom is -0.375 e. The molecular weight excluding hydrogens is 240 g/mol. The summed E-state index contributed by atoms with van der Waals surface area (Å²) < 4.78 is 6.08. The lowest BCUT2D eigenvalue weighted by Gasteiger charge is -2.39. The van der Waals surface area contributed by atoms with Crippen molar-refractivity contribution in [1.29, 1.82) is 0 Å². The fourth-order valence-corrected chi connectivity index (χ4v) is 2.85. The Morgan fingerprint density at radius 2 is 2.11 bits per heavy atom. The van der Waals surface area contributed by atoms with E-state index in [1.54, 1.807) is 14.0 Å². The zero-order chi connectivity index (χ0) is 14.6. The van der Waals surface area contributed by atoms with Gasteiger partial charge in [0.25, 0.3) is 0 Å². The van der Waals surface area contributed by atoms with Crippen molar-refractivity contribution in [3.63, 3.8) is 0 Å². The fourth-order valence-electron chi connectivity index (χ4n) is 2.85. The number of carbonyl (C=O) groups excluding carboxylic acids is 1. The van der Waals surface area contributed by atoms with Gasteiger partial charge in [0.2, 0.25) is 5.91 Å². The van der Waals surface area contributed by atoms with Crippen molar-refractivity contribution in [3.05, 3.63) is 0 Å². The summed E-state index contributed by atoms with van der Waals surface area (Å²) in [4.78, 5) is 11.5. The van der Waals surface area contributed by atoms with Crippen molar-refractivity contribution >= 4 is 5.91 Å². The first-order chi connectivity index (χ1) is 8.80. The van der Waals surface area contributed by atoms with Crippen LogP contribution in [0.25, 0.3) is 0 Å². The summed E-state index contributed by atoms with van der Waals surface area (Å²) in [6.45, 7) is 8.93. The molecule has 4 atom stereocenters. The van der Waals surface area contributed by atoms with Gasteiger partial charge in [0.05, 0.1) is 12.7 Å². The standard InChI is InChI=1S/C15H30N2O2/c1-10(2)12-7-6-11(3)8-13(12)19-9-15(4,17-5)14(16)18/h10-13,17H,6-9H2,1-5H3,(H2,16,18). The molecule has 0 radical (unpaired) electrons. The molecule has 4 heteroatoms. The van der Waals surface area contributed by atoms with Crippen LogP contribution in [0.3, 0.4) is 0 Å². The molecule has 19 heavy (non-hydrogen) atoms. The van der Waals surface area contributed by atoms with E-state index in [9.17, 15) is 4.79 Å². The van der Waals surface area contributed by atoms with Crippen LogP contribution in [0.1, 0.15) is 47.0 Å². The maximum absolute atomic E-state index is 11.5. The predicted octanol–water partition coefficient (Wildman–Crippen LogP) is 1.93. The van der Waals surface area contributed by atoms with E-state index < -0.39 is 5.54 Å². The van der Waals surface area contributed by atoms with E-state index in [0.29, 0.717) is 24.4 Å². The molecule has 1 aliphatic rings. The molecule has 1 aliphatic carbocycles. The molecular formula is C15H30N2O2. The van der Waals surface area contributed by atoms with Gasteiger partial charge in [0.1, 0.15) is 5.54 Å². The van der Waals surface area contributed by atoms with E-state index in [2.05, 4.69) is 26.1 Å². The Morgan fingerprint density at radius 3 is 2.58 bits per heavy atom. The van der Waals surface area contributed by atoms with Crippen molar-refractivity contribution in [2.24, 2.45) is 23.5 Å². The molecule has 0 aromatic carbocycles. The maximum atomic E-state index is 11.5. The first-order valence-corrected chi connectivity index (χ1v) is 7.40. The Morgan fingerprint density at radius 1 is 1.47 bits per heavy atom. The fraction of sp³-hybridized carbons (Fsp3) is 0.933. The number of ether oxygens (including phenoxy) is 1.